The number of aromatic nitrogens is 1. The van der Waals surface area contributed by atoms with Crippen molar-refractivity contribution in [3.05, 3.63) is 58.9 Å². The van der Waals surface area contributed by atoms with Crippen molar-refractivity contribution in [3.63, 3.8) is 0 Å². The highest BCUT2D eigenvalue weighted by Gasteiger charge is 2.26. The first kappa shape index (κ1) is 24.5. The van der Waals surface area contributed by atoms with Gasteiger partial charge in [-0.2, -0.15) is 4.31 Å². The van der Waals surface area contributed by atoms with Gasteiger partial charge in [-0.3, -0.25) is 10.2 Å². The van der Waals surface area contributed by atoms with E-state index in [2.05, 4.69) is 15.8 Å². The van der Waals surface area contributed by atoms with Crippen molar-refractivity contribution in [2.24, 2.45) is 12.1 Å². The van der Waals surface area contributed by atoms with Crippen LogP contribution in [0.5, 0.6) is 0 Å². The minimum absolute atomic E-state index is 0.120. The molecule has 0 atom stereocenters. The summed E-state index contributed by atoms with van der Waals surface area (Å²) in [7, 11) is -1.61. The Morgan fingerprint density at radius 1 is 1.15 bits per heavy atom. The van der Waals surface area contributed by atoms with Crippen LogP contribution < -0.4 is 15.5 Å². The van der Waals surface area contributed by atoms with Crippen LogP contribution in [0.2, 0.25) is 0 Å². The first-order valence-corrected chi connectivity index (χ1v) is 13.4. The number of nitrogens with one attached hydrogen (secondary N) is 2. The number of morpholine rings is 1. The number of rotatable bonds is 6. The summed E-state index contributed by atoms with van der Waals surface area (Å²) in [6.45, 7) is 1.51. The molecule has 12 heteroatoms. The molecule has 4 rings (SSSR count). The van der Waals surface area contributed by atoms with Crippen molar-refractivity contribution in [2.75, 3.05) is 26.3 Å². The summed E-state index contributed by atoms with van der Waals surface area (Å²) in [5.74, 6) is -0.251. The van der Waals surface area contributed by atoms with Gasteiger partial charge in [0.25, 0.3) is 0 Å². The van der Waals surface area contributed by atoms with Gasteiger partial charge in [0.1, 0.15) is 0 Å². The number of carbonyl (C=O) groups is 1. The number of fused-ring (bicyclic) bond motifs is 1. The first-order chi connectivity index (χ1) is 16.3. The molecular formula is C22H25N5O4S3. The highest BCUT2D eigenvalue weighted by atomic mass is 32.2. The molecule has 3 aromatic rings. The molecule has 34 heavy (non-hydrogen) atoms. The molecule has 0 bridgehead atoms. The lowest BCUT2D eigenvalue weighted by Gasteiger charge is -2.26. The third kappa shape index (κ3) is 5.70. The second-order valence-corrected chi connectivity index (χ2v) is 11.0. The summed E-state index contributed by atoms with van der Waals surface area (Å²) in [4.78, 5) is 13.2. The van der Waals surface area contributed by atoms with E-state index in [1.54, 1.807) is 24.3 Å². The molecule has 1 aromatic heterocycles. The van der Waals surface area contributed by atoms with Gasteiger partial charge >= 0.3 is 0 Å². The monoisotopic (exact) mass is 519 g/mol. The standard InChI is InChI=1S/C22H25N5O4S3/c1-26-18-4-2-3-5-19(18)33-22(26)25-24-21(32)23-20(28)11-8-16-6-9-17(10-7-16)34(29,30)27-12-14-31-15-13-27/h2-7,9-10H,8,11-15H2,1H3,(H2,23,24,28,32)/b25-22+. The van der Waals surface area contributed by atoms with Gasteiger partial charge in [0.15, 0.2) is 5.11 Å². The predicted molar refractivity (Wildman–Crippen MR) is 135 cm³/mol. The fourth-order valence-electron chi connectivity index (χ4n) is 3.53. The number of hydrogen-bond acceptors (Lipinski definition) is 7. The van der Waals surface area contributed by atoms with Gasteiger partial charge in [-0.15, -0.1) is 5.10 Å². The highest BCUT2D eigenvalue weighted by Crippen LogP contribution is 2.18. The minimum atomic E-state index is -3.53. The second-order valence-electron chi connectivity index (χ2n) is 7.67. The number of benzene rings is 2. The average Bonchev–Trinajstić information content (AvgIpc) is 3.18. The lowest BCUT2D eigenvalue weighted by Crippen LogP contribution is -2.40. The summed E-state index contributed by atoms with van der Waals surface area (Å²) in [5.41, 5.74) is 4.64. The number of nitrogens with zero attached hydrogens (tertiary/aromatic N) is 3. The Balaban J connectivity index is 1.28. The number of thiazole rings is 1. The molecule has 9 nitrogen and oxygen atoms in total. The van der Waals surface area contributed by atoms with Gasteiger partial charge in [-0.1, -0.05) is 35.6 Å². The van der Waals surface area contributed by atoms with Crippen molar-refractivity contribution in [1.29, 1.82) is 0 Å². The van der Waals surface area contributed by atoms with E-state index < -0.39 is 10.0 Å². The fourth-order valence-corrected chi connectivity index (χ4v) is 6.07. The SMILES string of the molecule is Cn1/c(=N\NC(=S)NC(=O)CCc2ccc(S(=O)(=O)N3CCOCC3)cc2)sc2ccccc21. The van der Waals surface area contributed by atoms with E-state index in [4.69, 9.17) is 17.0 Å². The average molecular weight is 520 g/mol. The quantitative estimate of drug-likeness (QED) is 0.380. The summed E-state index contributed by atoms with van der Waals surface area (Å²) in [5, 5.41) is 7.03. The summed E-state index contributed by atoms with van der Waals surface area (Å²) in [6.07, 6.45) is 0.656. The molecule has 0 saturated carbocycles. The van der Waals surface area contributed by atoms with Crippen LogP contribution in [0.4, 0.5) is 0 Å². The Hall–Kier alpha value is -2.64. The normalized spacial score (nSPS) is 15.4. The maximum Gasteiger partial charge on any atom is 0.243 e. The van der Waals surface area contributed by atoms with Crippen LogP contribution >= 0.6 is 23.6 Å². The Kier molecular flexibility index (Phi) is 7.73. The zero-order chi connectivity index (χ0) is 24.1. The van der Waals surface area contributed by atoms with E-state index in [-0.39, 0.29) is 22.3 Å². The molecule has 2 aromatic carbocycles. The Morgan fingerprint density at radius 3 is 2.56 bits per heavy atom. The zero-order valence-electron chi connectivity index (χ0n) is 18.6. The molecule has 1 aliphatic rings. The number of amides is 1. The third-order valence-electron chi connectivity index (χ3n) is 5.39. The molecule has 1 amide bonds. The van der Waals surface area contributed by atoms with E-state index in [1.165, 1.54) is 15.6 Å². The molecular weight excluding hydrogens is 494 g/mol. The van der Waals surface area contributed by atoms with Crippen molar-refractivity contribution in [3.8, 4) is 0 Å². The fraction of sp³-hybridized carbons (Fsp3) is 0.318. The zero-order valence-corrected chi connectivity index (χ0v) is 21.0. The summed E-state index contributed by atoms with van der Waals surface area (Å²) in [6, 6.07) is 14.6. The maximum absolute atomic E-state index is 12.7. The van der Waals surface area contributed by atoms with Crippen molar-refractivity contribution in [1.82, 2.24) is 19.6 Å². The smallest absolute Gasteiger partial charge is 0.243 e. The number of hydrogen-bond donors (Lipinski definition) is 2. The molecule has 180 valence electrons. The molecule has 0 spiro atoms. The first-order valence-electron chi connectivity index (χ1n) is 10.7. The van der Waals surface area contributed by atoms with Crippen LogP contribution in [0.1, 0.15) is 12.0 Å². The van der Waals surface area contributed by atoms with E-state index in [1.807, 2.05) is 35.9 Å². The van der Waals surface area contributed by atoms with Gasteiger partial charge in [0.2, 0.25) is 20.7 Å². The van der Waals surface area contributed by atoms with Crippen LogP contribution in [0, 0.1) is 0 Å². The number of aryl methyl sites for hydroxylation is 2. The number of para-hydroxylation sites is 1. The van der Waals surface area contributed by atoms with E-state index in [9.17, 15) is 13.2 Å². The largest absolute Gasteiger partial charge is 0.379 e. The van der Waals surface area contributed by atoms with Gasteiger partial charge in [0, 0.05) is 26.6 Å². The molecule has 0 radical (unpaired) electrons. The number of ether oxygens (including phenoxy) is 1. The van der Waals surface area contributed by atoms with Crippen molar-refractivity contribution >= 4 is 54.8 Å². The topological polar surface area (TPSA) is 105 Å². The van der Waals surface area contributed by atoms with Gasteiger partial charge in [0.05, 0.1) is 28.3 Å². The van der Waals surface area contributed by atoms with E-state index in [0.717, 1.165) is 20.6 Å². The Morgan fingerprint density at radius 2 is 1.85 bits per heavy atom. The number of carbonyl (C=O) groups excluding carboxylic acids is 1. The lowest BCUT2D eigenvalue weighted by atomic mass is 10.1. The summed E-state index contributed by atoms with van der Waals surface area (Å²) < 4.78 is 35.1. The van der Waals surface area contributed by atoms with Crippen LogP contribution in [-0.2, 0) is 33.0 Å². The molecule has 1 aliphatic heterocycles. The van der Waals surface area contributed by atoms with Crippen molar-refractivity contribution in [2.45, 2.75) is 17.7 Å². The molecule has 1 fully saturated rings. The van der Waals surface area contributed by atoms with Crippen LogP contribution in [0.3, 0.4) is 0 Å². The Bertz CT molecular complexity index is 1360. The van der Waals surface area contributed by atoms with E-state index in [0.29, 0.717) is 32.7 Å². The number of sulfonamides is 1. The maximum atomic E-state index is 12.7. The molecule has 1 saturated heterocycles. The molecule has 0 aliphatic carbocycles. The molecule has 2 N–H and O–H groups in total. The van der Waals surface area contributed by atoms with Crippen LogP contribution in [0.15, 0.2) is 58.5 Å². The Labute approximate surface area is 207 Å². The van der Waals surface area contributed by atoms with E-state index >= 15 is 0 Å². The van der Waals surface area contributed by atoms with Crippen LogP contribution in [-0.4, -0.2) is 54.6 Å². The minimum Gasteiger partial charge on any atom is -0.379 e. The van der Waals surface area contributed by atoms with Crippen LogP contribution in [0.25, 0.3) is 10.2 Å². The number of thiocarbonyl (C=S) groups is 1. The molecule has 2 heterocycles. The van der Waals surface area contributed by atoms with Crippen molar-refractivity contribution < 1.29 is 17.9 Å². The highest BCUT2D eigenvalue weighted by molar-refractivity contribution is 7.89. The predicted octanol–water partition coefficient (Wildman–Crippen LogP) is 1.70. The van der Waals surface area contributed by atoms with Gasteiger partial charge in [-0.25, -0.2) is 8.42 Å². The summed E-state index contributed by atoms with van der Waals surface area (Å²) >= 11 is 6.70. The lowest BCUT2D eigenvalue weighted by molar-refractivity contribution is -0.119. The van der Waals surface area contributed by atoms with Gasteiger partial charge < -0.3 is 14.6 Å². The second kappa shape index (κ2) is 10.7. The third-order valence-corrected chi connectivity index (χ3v) is 8.61. The van der Waals surface area contributed by atoms with Gasteiger partial charge in [-0.05, 0) is 48.5 Å². The molecule has 0 unspecified atom stereocenters.